The molecule has 3 aromatic rings. The number of carbonyl (C=O) groups excluding carboxylic acids is 1. The molecule has 1 aliphatic rings. The lowest BCUT2D eigenvalue weighted by Crippen LogP contribution is -2.28. The molecule has 1 amide bonds. The number of nitrogens with zero attached hydrogens (tertiary/aromatic N) is 2. The summed E-state index contributed by atoms with van der Waals surface area (Å²) in [7, 11) is 0. The van der Waals surface area contributed by atoms with Crippen molar-refractivity contribution in [3.05, 3.63) is 72.3 Å². The highest BCUT2D eigenvalue weighted by molar-refractivity contribution is 6.15. The van der Waals surface area contributed by atoms with Crippen LogP contribution in [0.5, 0.6) is 5.75 Å². The molecule has 0 spiro atoms. The van der Waals surface area contributed by atoms with Crippen LogP contribution in [0.2, 0.25) is 0 Å². The van der Waals surface area contributed by atoms with Gasteiger partial charge in [0.2, 0.25) is 0 Å². The zero-order valence-corrected chi connectivity index (χ0v) is 13.9. The molecule has 4 rings (SSSR count). The molecule has 1 heterocycles. The SMILES string of the molecule is CC1=NN(c2ccccc2)C(=O)[C@@H]1Cc1c(O)ccc2ccccc12. The van der Waals surface area contributed by atoms with Gasteiger partial charge in [-0.05, 0) is 42.3 Å². The minimum absolute atomic E-state index is 0.0592. The highest BCUT2D eigenvalue weighted by atomic mass is 16.3. The molecule has 0 saturated heterocycles. The molecule has 3 aromatic carbocycles. The number of hydrazone groups is 1. The summed E-state index contributed by atoms with van der Waals surface area (Å²) in [5.74, 6) is -0.203. The Kier molecular flexibility index (Phi) is 3.73. The fourth-order valence-corrected chi connectivity index (χ4v) is 3.34. The number of para-hydroxylation sites is 1. The third kappa shape index (κ3) is 2.66. The molecule has 0 aliphatic carbocycles. The standard InChI is InChI=1S/C21H18N2O2/c1-14-18(21(25)23(22-14)16-8-3-2-4-9-16)13-19-17-10-6-5-7-15(17)11-12-20(19)24/h2-12,18,24H,13H2,1H3/t18-/m1/s1. The molecule has 25 heavy (non-hydrogen) atoms. The van der Waals surface area contributed by atoms with E-state index in [4.69, 9.17) is 0 Å². The van der Waals surface area contributed by atoms with Gasteiger partial charge in [0, 0.05) is 11.3 Å². The van der Waals surface area contributed by atoms with E-state index in [0.29, 0.717) is 6.42 Å². The average Bonchev–Trinajstić information content (AvgIpc) is 2.93. The van der Waals surface area contributed by atoms with E-state index < -0.39 is 0 Å². The molecule has 4 heteroatoms. The first kappa shape index (κ1) is 15.4. The van der Waals surface area contributed by atoms with Gasteiger partial charge in [-0.15, -0.1) is 0 Å². The molecule has 0 radical (unpaired) electrons. The largest absolute Gasteiger partial charge is 0.508 e. The lowest BCUT2D eigenvalue weighted by atomic mass is 9.91. The number of amides is 1. The molecule has 1 atom stereocenters. The van der Waals surface area contributed by atoms with Gasteiger partial charge in [0.15, 0.2) is 0 Å². The summed E-state index contributed by atoms with van der Waals surface area (Å²) in [5.41, 5.74) is 2.32. The number of rotatable bonds is 3. The first-order chi connectivity index (χ1) is 12.1. The maximum absolute atomic E-state index is 12.9. The molecule has 0 bridgehead atoms. The molecule has 0 saturated carbocycles. The molecule has 0 aromatic heterocycles. The van der Waals surface area contributed by atoms with Crippen molar-refractivity contribution in [1.29, 1.82) is 0 Å². The van der Waals surface area contributed by atoms with Crippen LogP contribution in [0.25, 0.3) is 10.8 Å². The van der Waals surface area contributed by atoms with Crippen LogP contribution < -0.4 is 5.01 Å². The molecule has 124 valence electrons. The number of hydrogen-bond acceptors (Lipinski definition) is 3. The van der Waals surface area contributed by atoms with Gasteiger partial charge in [0.25, 0.3) is 5.91 Å². The van der Waals surface area contributed by atoms with Crippen LogP contribution in [0.15, 0.2) is 71.8 Å². The minimum atomic E-state index is -0.364. The summed E-state index contributed by atoms with van der Waals surface area (Å²) in [6.45, 7) is 1.87. The van der Waals surface area contributed by atoms with Crippen LogP contribution in [-0.4, -0.2) is 16.7 Å². The van der Waals surface area contributed by atoms with Gasteiger partial charge in [0.05, 0.1) is 11.6 Å². The smallest absolute Gasteiger partial charge is 0.256 e. The Hall–Kier alpha value is -3.14. The topological polar surface area (TPSA) is 52.9 Å². The predicted molar refractivity (Wildman–Crippen MR) is 99.8 cm³/mol. The quantitative estimate of drug-likeness (QED) is 0.785. The Labute approximate surface area is 146 Å². The van der Waals surface area contributed by atoms with E-state index >= 15 is 0 Å². The van der Waals surface area contributed by atoms with Crippen molar-refractivity contribution < 1.29 is 9.90 Å². The van der Waals surface area contributed by atoms with Gasteiger partial charge in [-0.25, -0.2) is 5.01 Å². The van der Waals surface area contributed by atoms with Crippen molar-refractivity contribution in [2.24, 2.45) is 11.0 Å². The van der Waals surface area contributed by atoms with E-state index in [1.54, 1.807) is 6.07 Å². The van der Waals surface area contributed by atoms with Crippen LogP contribution in [0.4, 0.5) is 5.69 Å². The lowest BCUT2D eigenvalue weighted by molar-refractivity contribution is -0.119. The number of anilines is 1. The summed E-state index contributed by atoms with van der Waals surface area (Å²) in [5, 5.41) is 18.3. The van der Waals surface area contributed by atoms with Gasteiger partial charge in [-0.1, -0.05) is 48.5 Å². The van der Waals surface area contributed by atoms with E-state index in [0.717, 1.165) is 27.7 Å². The number of carbonyl (C=O) groups is 1. The normalized spacial score (nSPS) is 17.2. The van der Waals surface area contributed by atoms with E-state index in [1.807, 2.05) is 67.6 Å². The maximum atomic E-state index is 12.9. The molecular weight excluding hydrogens is 312 g/mol. The zero-order chi connectivity index (χ0) is 17.4. The third-order valence-corrected chi connectivity index (χ3v) is 4.69. The number of fused-ring (bicyclic) bond motifs is 1. The minimum Gasteiger partial charge on any atom is -0.508 e. The summed E-state index contributed by atoms with van der Waals surface area (Å²) in [4.78, 5) is 12.9. The third-order valence-electron chi connectivity index (χ3n) is 4.69. The highest BCUT2D eigenvalue weighted by Gasteiger charge is 2.35. The van der Waals surface area contributed by atoms with Crippen molar-refractivity contribution in [2.45, 2.75) is 13.3 Å². The number of hydrogen-bond donors (Lipinski definition) is 1. The predicted octanol–water partition coefficient (Wildman–Crippen LogP) is 4.13. The first-order valence-electron chi connectivity index (χ1n) is 8.29. The van der Waals surface area contributed by atoms with E-state index in [9.17, 15) is 9.90 Å². The van der Waals surface area contributed by atoms with Gasteiger partial charge in [-0.3, -0.25) is 4.79 Å². The summed E-state index contributed by atoms with van der Waals surface area (Å²) < 4.78 is 0. The van der Waals surface area contributed by atoms with Crippen molar-refractivity contribution in [2.75, 3.05) is 5.01 Å². The number of benzene rings is 3. The fraction of sp³-hybridized carbons (Fsp3) is 0.143. The number of phenolic OH excluding ortho intramolecular Hbond substituents is 1. The monoisotopic (exact) mass is 330 g/mol. The van der Waals surface area contributed by atoms with Crippen LogP contribution in [-0.2, 0) is 11.2 Å². The molecule has 0 fully saturated rings. The average molecular weight is 330 g/mol. The van der Waals surface area contributed by atoms with E-state index in [1.165, 1.54) is 5.01 Å². The summed E-state index contributed by atoms with van der Waals surface area (Å²) in [6, 6.07) is 20.9. The van der Waals surface area contributed by atoms with Crippen molar-refractivity contribution in [3.8, 4) is 5.75 Å². The first-order valence-corrected chi connectivity index (χ1v) is 8.29. The Bertz CT molecular complexity index is 980. The molecule has 1 N–H and O–H groups in total. The Balaban J connectivity index is 1.70. The van der Waals surface area contributed by atoms with Gasteiger partial charge < -0.3 is 5.11 Å². The Morgan fingerprint density at radius 2 is 1.72 bits per heavy atom. The van der Waals surface area contributed by atoms with Crippen molar-refractivity contribution >= 4 is 28.1 Å². The van der Waals surface area contributed by atoms with E-state index in [-0.39, 0.29) is 17.6 Å². The van der Waals surface area contributed by atoms with Crippen molar-refractivity contribution in [1.82, 2.24) is 0 Å². The van der Waals surface area contributed by atoms with Crippen LogP contribution in [0.1, 0.15) is 12.5 Å². The molecular formula is C21H18N2O2. The van der Waals surface area contributed by atoms with Crippen molar-refractivity contribution in [3.63, 3.8) is 0 Å². The summed E-state index contributed by atoms with van der Waals surface area (Å²) >= 11 is 0. The highest BCUT2D eigenvalue weighted by Crippen LogP contribution is 2.32. The van der Waals surface area contributed by atoms with Crippen LogP contribution in [0.3, 0.4) is 0 Å². The van der Waals surface area contributed by atoms with Gasteiger partial charge >= 0.3 is 0 Å². The number of phenols is 1. The molecule has 0 unspecified atom stereocenters. The maximum Gasteiger partial charge on any atom is 0.256 e. The molecule has 4 nitrogen and oxygen atoms in total. The summed E-state index contributed by atoms with van der Waals surface area (Å²) in [6.07, 6.45) is 0.435. The van der Waals surface area contributed by atoms with E-state index in [2.05, 4.69) is 5.10 Å². The second kappa shape index (κ2) is 6.06. The van der Waals surface area contributed by atoms with Crippen LogP contribution >= 0.6 is 0 Å². The van der Waals surface area contributed by atoms with Crippen LogP contribution in [0, 0.1) is 5.92 Å². The van der Waals surface area contributed by atoms with Gasteiger partial charge in [0.1, 0.15) is 5.75 Å². The zero-order valence-electron chi connectivity index (χ0n) is 13.9. The van der Waals surface area contributed by atoms with Gasteiger partial charge in [-0.2, -0.15) is 5.10 Å². The fourth-order valence-electron chi connectivity index (χ4n) is 3.34. The molecule has 1 aliphatic heterocycles. The lowest BCUT2D eigenvalue weighted by Gasteiger charge is -2.16. The number of aromatic hydroxyl groups is 1. The Morgan fingerprint density at radius 1 is 1.00 bits per heavy atom. The second-order valence-electron chi connectivity index (χ2n) is 6.27. The Morgan fingerprint density at radius 3 is 2.52 bits per heavy atom. The second-order valence-corrected chi connectivity index (χ2v) is 6.27.